The van der Waals surface area contributed by atoms with Crippen molar-refractivity contribution in [3.8, 4) is 0 Å². The Balaban J connectivity index is 2.28. The molecule has 1 saturated carbocycles. The zero-order chi connectivity index (χ0) is 10.7. The van der Waals surface area contributed by atoms with Gasteiger partial charge in [0.05, 0.1) is 0 Å². The van der Waals surface area contributed by atoms with E-state index in [9.17, 15) is 5.26 Å². The Morgan fingerprint density at radius 1 is 1.33 bits per heavy atom. The lowest BCUT2D eigenvalue weighted by Gasteiger charge is -2.37. The molecule has 2 atom stereocenters. The van der Waals surface area contributed by atoms with E-state index in [1.807, 2.05) is 30.3 Å². The minimum absolute atomic E-state index is 0.459. The van der Waals surface area contributed by atoms with Gasteiger partial charge in [-0.3, -0.25) is 5.26 Å². The predicted octanol–water partition coefficient (Wildman–Crippen LogP) is 3.58. The molecule has 1 N–H and O–H groups in total. The molecule has 0 unspecified atom stereocenters. The minimum Gasteiger partial charge on any atom is -0.251 e. The number of rotatable bonds is 2. The molecular weight excluding hydrogens is 188 g/mol. The second-order valence-electron chi connectivity index (χ2n) is 4.65. The van der Waals surface area contributed by atoms with Gasteiger partial charge in [0.1, 0.15) is 5.60 Å². The maximum atomic E-state index is 9.21. The molecule has 1 aromatic carbocycles. The predicted molar refractivity (Wildman–Crippen MR) is 59.5 cm³/mol. The SMILES string of the molecule is C[C@H]1CCC[C@@](OO)(c2ccccc2)C1. The number of hydrogen-bond donors (Lipinski definition) is 1. The van der Waals surface area contributed by atoms with E-state index >= 15 is 0 Å². The molecule has 2 heteroatoms. The van der Waals surface area contributed by atoms with Crippen LogP contribution in [0.4, 0.5) is 0 Å². The van der Waals surface area contributed by atoms with E-state index in [0.29, 0.717) is 5.92 Å². The zero-order valence-corrected chi connectivity index (χ0v) is 9.15. The van der Waals surface area contributed by atoms with Crippen molar-refractivity contribution in [3.63, 3.8) is 0 Å². The molecule has 0 spiro atoms. The summed E-state index contributed by atoms with van der Waals surface area (Å²) < 4.78 is 0. The quantitative estimate of drug-likeness (QED) is 0.592. The second kappa shape index (κ2) is 4.33. The highest BCUT2D eigenvalue weighted by atomic mass is 17.1. The molecule has 0 heterocycles. The maximum Gasteiger partial charge on any atom is 0.128 e. The van der Waals surface area contributed by atoms with Gasteiger partial charge in [-0.1, -0.05) is 43.7 Å². The van der Waals surface area contributed by atoms with E-state index < -0.39 is 5.60 Å². The van der Waals surface area contributed by atoms with Crippen molar-refractivity contribution in [2.24, 2.45) is 5.92 Å². The summed E-state index contributed by atoms with van der Waals surface area (Å²) in [5, 5.41) is 9.21. The summed E-state index contributed by atoms with van der Waals surface area (Å²) >= 11 is 0. The first-order chi connectivity index (χ1) is 7.27. The fourth-order valence-electron chi connectivity index (χ4n) is 2.64. The van der Waals surface area contributed by atoms with Crippen molar-refractivity contribution in [3.05, 3.63) is 35.9 Å². The summed E-state index contributed by atoms with van der Waals surface area (Å²) in [6.07, 6.45) is 4.18. The molecule has 0 aliphatic heterocycles. The Morgan fingerprint density at radius 3 is 2.67 bits per heavy atom. The van der Waals surface area contributed by atoms with Crippen LogP contribution in [0, 0.1) is 5.92 Å². The normalized spacial score (nSPS) is 31.5. The third-order valence-electron chi connectivity index (χ3n) is 3.43. The second-order valence-corrected chi connectivity index (χ2v) is 4.65. The lowest BCUT2D eigenvalue weighted by Crippen LogP contribution is -2.34. The van der Waals surface area contributed by atoms with Gasteiger partial charge in [-0.05, 0) is 30.7 Å². The number of hydrogen-bond acceptors (Lipinski definition) is 2. The topological polar surface area (TPSA) is 29.5 Å². The molecule has 2 nitrogen and oxygen atoms in total. The molecular formula is C13H18O2. The van der Waals surface area contributed by atoms with Crippen LogP contribution in [0.3, 0.4) is 0 Å². The Labute approximate surface area is 90.8 Å². The van der Waals surface area contributed by atoms with E-state index in [4.69, 9.17) is 4.89 Å². The van der Waals surface area contributed by atoms with Crippen molar-refractivity contribution in [1.29, 1.82) is 0 Å². The van der Waals surface area contributed by atoms with Crippen LogP contribution in [0.5, 0.6) is 0 Å². The molecule has 82 valence electrons. The first kappa shape index (κ1) is 10.7. The number of benzene rings is 1. The highest BCUT2D eigenvalue weighted by molar-refractivity contribution is 5.23. The Morgan fingerprint density at radius 2 is 2.07 bits per heavy atom. The minimum atomic E-state index is -0.459. The lowest BCUT2D eigenvalue weighted by atomic mass is 9.75. The Hall–Kier alpha value is -0.860. The first-order valence-corrected chi connectivity index (χ1v) is 5.65. The molecule has 2 rings (SSSR count). The Kier molecular flexibility index (Phi) is 3.08. The van der Waals surface area contributed by atoms with Crippen LogP contribution in [0.1, 0.15) is 38.2 Å². The standard InChI is InChI=1S/C13H18O2/c1-11-6-5-9-13(10-11,15-14)12-7-3-2-4-8-12/h2-4,7-8,11,14H,5-6,9-10H2,1H3/t11-,13-/m0/s1. The highest BCUT2D eigenvalue weighted by Gasteiger charge is 2.38. The molecule has 1 fully saturated rings. The van der Waals surface area contributed by atoms with Gasteiger partial charge in [0, 0.05) is 0 Å². The summed E-state index contributed by atoms with van der Waals surface area (Å²) in [4.78, 5) is 4.84. The van der Waals surface area contributed by atoms with Gasteiger partial charge in [0.25, 0.3) is 0 Å². The average Bonchev–Trinajstić information content (AvgIpc) is 2.30. The van der Waals surface area contributed by atoms with Crippen molar-refractivity contribution in [1.82, 2.24) is 0 Å². The van der Waals surface area contributed by atoms with Crippen molar-refractivity contribution >= 4 is 0 Å². The smallest absolute Gasteiger partial charge is 0.128 e. The summed E-state index contributed by atoms with van der Waals surface area (Å²) in [5.74, 6) is 0.617. The molecule has 1 aliphatic carbocycles. The third-order valence-corrected chi connectivity index (χ3v) is 3.43. The van der Waals surface area contributed by atoms with Crippen LogP contribution >= 0.6 is 0 Å². The fourth-order valence-corrected chi connectivity index (χ4v) is 2.64. The highest BCUT2D eigenvalue weighted by Crippen LogP contribution is 2.42. The van der Waals surface area contributed by atoms with Gasteiger partial charge in [-0.25, -0.2) is 4.89 Å². The molecule has 0 amide bonds. The van der Waals surface area contributed by atoms with E-state index in [2.05, 4.69) is 6.92 Å². The van der Waals surface area contributed by atoms with Crippen molar-refractivity contribution in [2.75, 3.05) is 0 Å². The monoisotopic (exact) mass is 206 g/mol. The molecule has 0 aromatic heterocycles. The first-order valence-electron chi connectivity index (χ1n) is 5.65. The largest absolute Gasteiger partial charge is 0.251 e. The van der Waals surface area contributed by atoms with Crippen LogP contribution in [-0.2, 0) is 10.5 Å². The van der Waals surface area contributed by atoms with Crippen LogP contribution in [0.2, 0.25) is 0 Å². The van der Waals surface area contributed by atoms with Crippen LogP contribution in [0.15, 0.2) is 30.3 Å². The van der Waals surface area contributed by atoms with E-state index in [1.165, 1.54) is 6.42 Å². The van der Waals surface area contributed by atoms with E-state index in [1.54, 1.807) is 0 Å². The summed E-state index contributed by atoms with van der Waals surface area (Å²) in [6.45, 7) is 2.22. The Bertz CT molecular complexity index is 310. The van der Waals surface area contributed by atoms with Crippen LogP contribution in [-0.4, -0.2) is 5.26 Å². The van der Waals surface area contributed by atoms with Gasteiger partial charge in [0.2, 0.25) is 0 Å². The summed E-state index contributed by atoms with van der Waals surface area (Å²) in [7, 11) is 0. The van der Waals surface area contributed by atoms with Crippen LogP contribution < -0.4 is 0 Å². The molecule has 1 aromatic rings. The van der Waals surface area contributed by atoms with Crippen molar-refractivity contribution in [2.45, 2.75) is 38.2 Å². The van der Waals surface area contributed by atoms with Gasteiger partial charge in [0.15, 0.2) is 0 Å². The summed E-state index contributed by atoms with van der Waals surface area (Å²) in [5.41, 5.74) is 0.637. The van der Waals surface area contributed by atoms with Crippen LogP contribution in [0.25, 0.3) is 0 Å². The average molecular weight is 206 g/mol. The zero-order valence-electron chi connectivity index (χ0n) is 9.15. The summed E-state index contributed by atoms with van der Waals surface area (Å²) in [6, 6.07) is 10.0. The van der Waals surface area contributed by atoms with Gasteiger partial charge in [-0.15, -0.1) is 0 Å². The van der Waals surface area contributed by atoms with E-state index in [0.717, 1.165) is 24.8 Å². The molecule has 0 saturated heterocycles. The molecule has 0 bridgehead atoms. The van der Waals surface area contributed by atoms with Gasteiger partial charge < -0.3 is 0 Å². The molecule has 0 radical (unpaired) electrons. The van der Waals surface area contributed by atoms with Crippen molar-refractivity contribution < 1.29 is 10.1 Å². The lowest BCUT2D eigenvalue weighted by molar-refractivity contribution is -0.340. The fraction of sp³-hybridized carbons (Fsp3) is 0.538. The molecule has 1 aliphatic rings. The third kappa shape index (κ3) is 2.06. The van der Waals surface area contributed by atoms with E-state index in [-0.39, 0.29) is 0 Å². The maximum absolute atomic E-state index is 9.21. The molecule has 15 heavy (non-hydrogen) atoms. The van der Waals surface area contributed by atoms with Gasteiger partial charge in [-0.2, -0.15) is 0 Å². The van der Waals surface area contributed by atoms with Gasteiger partial charge >= 0.3 is 0 Å².